The Kier molecular flexibility index (Phi) is 5.31. The molecule has 10 heteroatoms. The summed E-state index contributed by atoms with van der Waals surface area (Å²) in [5, 5.41) is 14.2. The van der Waals surface area contributed by atoms with Gasteiger partial charge >= 0.3 is 6.18 Å². The number of nitrogens with zero attached hydrogens (tertiary/aromatic N) is 4. The number of hydrogen-bond donors (Lipinski definition) is 1. The topological polar surface area (TPSA) is 74.9 Å². The summed E-state index contributed by atoms with van der Waals surface area (Å²) in [4.78, 5) is 7.57. The van der Waals surface area contributed by atoms with E-state index in [-0.39, 0.29) is 12.4 Å². The molecule has 0 radical (unpaired) electrons. The predicted molar refractivity (Wildman–Crippen MR) is 85.2 cm³/mol. The Morgan fingerprint density at radius 2 is 1.85 bits per heavy atom. The average molecular weight is 378 g/mol. The maximum absolute atomic E-state index is 12.6. The summed E-state index contributed by atoms with van der Waals surface area (Å²) in [6, 6.07) is 0. The fourth-order valence-electron chi connectivity index (χ4n) is 3.65. The molecule has 1 unspecified atom stereocenters. The van der Waals surface area contributed by atoms with Crippen LogP contribution in [0.2, 0.25) is 0 Å². The zero-order valence-electron chi connectivity index (χ0n) is 15.1. The lowest BCUT2D eigenvalue weighted by molar-refractivity contribution is -0.146. The Balaban J connectivity index is 1.61. The molecule has 26 heavy (non-hydrogen) atoms. The Morgan fingerprint density at radius 1 is 1.15 bits per heavy atom. The number of ether oxygens (including phenoxy) is 1. The average Bonchev–Trinajstić information content (AvgIpc) is 3.01. The van der Waals surface area contributed by atoms with Crippen molar-refractivity contribution in [3.05, 3.63) is 11.7 Å². The third-order valence-corrected chi connectivity index (χ3v) is 5.39. The van der Waals surface area contributed by atoms with E-state index in [9.17, 15) is 18.3 Å². The van der Waals surface area contributed by atoms with E-state index < -0.39 is 23.0 Å². The van der Waals surface area contributed by atoms with Crippen molar-refractivity contribution in [1.29, 1.82) is 0 Å². The van der Waals surface area contributed by atoms with Crippen LogP contribution in [0.5, 0.6) is 0 Å². The molecule has 3 rings (SSSR count). The molecule has 148 valence electrons. The summed E-state index contributed by atoms with van der Waals surface area (Å²) in [6.45, 7) is 8.67. The highest BCUT2D eigenvalue weighted by Gasteiger charge is 2.48. The van der Waals surface area contributed by atoms with Gasteiger partial charge in [-0.25, -0.2) is 0 Å². The lowest BCUT2D eigenvalue weighted by Crippen LogP contribution is -2.62. The van der Waals surface area contributed by atoms with Crippen molar-refractivity contribution in [3.63, 3.8) is 0 Å². The minimum Gasteiger partial charge on any atom is -0.388 e. The van der Waals surface area contributed by atoms with Crippen molar-refractivity contribution in [2.45, 2.75) is 38.6 Å². The molecule has 1 atom stereocenters. The lowest BCUT2D eigenvalue weighted by Gasteiger charge is -2.52. The number of likely N-dealkylation sites (tertiary alicyclic amines) is 1. The van der Waals surface area contributed by atoms with Gasteiger partial charge in [-0.3, -0.25) is 9.80 Å². The second-order valence-electron chi connectivity index (χ2n) is 7.77. The van der Waals surface area contributed by atoms with Gasteiger partial charge in [0.15, 0.2) is 0 Å². The molecule has 2 fully saturated rings. The van der Waals surface area contributed by atoms with Gasteiger partial charge in [0.1, 0.15) is 0 Å². The maximum Gasteiger partial charge on any atom is 0.455 e. The predicted octanol–water partition coefficient (Wildman–Crippen LogP) is 1.38. The molecule has 0 aliphatic carbocycles. The van der Waals surface area contributed by atoms with Crippen LogP contribution in [0.1, 0.15) is 32.0 Å². The van der Waals surface area contributed by atoms with Gasteiger partial charge in [-0.1, -0.05) is 19.0 Å². The number of aromatic nitrogens is 2. The third kappa shape index (κ3) is 4.19. The number of rotatable bonds is 4. The van der Waals surface area contributed by atoms with Crippen LogP contribution in [0.4, 0.5) is 13.2 Å². The van der Waals surface area contributed by atoms with Gasteiger partial charge in [0.2, 0.25) is 5.89 Å². The van der Waals surface area contributed by atoms with Crippen LogP contribution in [0.3, 0.4) is 0 Å². The fourth-order valence-corrected chi connectivity index (χ4v) is 3.65. The number of aliphatic hydroxyl groups is 1. The quantitative estimate of drug-likeness (QED) is 0.848. The number of morpholine rings is 1. The van der Waals surface area contributed by atoms with Crippen molar-refractivity contribution in [1.82, 2.24) is 19.9 Å². The second kappa shape index (κ2) is 7.06. The van der Waals surface area contributed by atoms with Crippen LogP contribution >= 0.6 is 0 Å². The first-order valence-electron chi connectivity index (χ1n) is 8.74. The standard InChI is InChI=1S/C16H25F3N4O3/c1-14(2)10-23(9-12-20-13(21-26-12)16(17,18)19)4-3-15(14,24)11-22-5-7-25-8-6-22/h24H,3-11H2,1-2H3. The molecule has 1 aromatic heterocycles. The molecule has 0 saturated carbocycles. The SMILES string of the molecule is CC1(C)CN(Cc2nc(C(F)(F)F)no2)CCC1(O)CN1CCOCC1. The monoisotopic (exact) mass is 378 g/mol. The Hall–Kier alpha value is -1.23. The lowest BCUT2D eigenvalue weighted by atomic mass is 9.69. The molecule has 7 nitrogen and oxygen atoms in total. The van der Waals surface area contributed by atoms with Crippen molar-refractivity contribution in [3.8, 4) is 0 Å². The van der Waals surface area contributed by atoms with Gasteiger partial charge in [0.05, 0.1) is 25.4 Å². The molecule has 0 spiro atoms. The molecule has 0 bridgehead atoms. The van der Waals surface area contributed by atoms with Crippen LogP contribution < -0.4 is 0 Å². The van der Waals surface area contributed by atoms with Gasteiger partial charge < -0.3 is 14.4 Å². The normalized spacial score (nSPS) is 28.4. The summed E-state index contributed by atoms with van der Waals surface area (Å²) >= 11 is 0. The molecule has 2 saturated heterocycles. The number of β-amino-alcohol motifs (C(OH)–C–C–N with tert-alkyl or cyclic N) is 1. The smallest absolute Gasteiger partial charge is 0.388 e. The highest BCUT2D eigenvalue weighted by Crippen LogP contribution is 2.40. The van der Waals surface area contributed by atoms with Crippen LogP contribution in [-0.4, -0.2) is 76.6 Å². The van der Waals surface area contributed by atoms with Gasteiger partial charge in [-0.15, -0.1) is 0 Å². The summed E-state index contributed by atoms with van der Waals surface area (Å²) in [7, 11) is 0. The minimum atomic E-state index is -4.61. The summed E-state index contributed by atoms with van der Waals surface area (Å²) in [5.74, 6) is -1.32. The summed E-state index contributed by atoms with van der Waals surface area (Å²) < 4.78 is 47.8. The first-order valence-corrected chi connectivity index (χ1v) is 8.74. The molecule has 0 amide bonds. The van der Waals surface area contributed by atoms with Crippen molar-refractivity contribution < 1.29 is 27.5 Å². The van der Waals surface area contributed by atoms with E-state index in [4.69, 9.17) is 9.26 Å². The van der Waals surface area contributed by atoms with E-state index in [2.05, 4.69) is 15.0 Å². The van der Waals surface area contributed by atoms with Gasteiger partial charge in [-0.2, -0.15) is 18.2 Å². The van der Waals surface area contributed by atoms with Crippen LogP contribution in [0.15, 0.2) is 4.52 Å². The van der Waals surface area contributed by atoms with Crippen LogP contribution in [-0.2, 0) is 17.5 Å². The van der Waals surface area contributed by atoms with Crippen molar-refractivity contribution >= 4 is 0 Å². The molecular formula is C16H25F3N4O3. The molecule has 0 aromatic carbocycles. The van der Waals surface area contributed by atoms with Crippen molar-refractivity contribution in [2.24, 2.45) is 5.41 Å². The zero-order valence-corrected chi connectivity index (χ0v) is 15.1. The largest absolute Gasteiger partial charge is 0.455 e. The second-order valence-corrected chi connectivity index (χ2v) is 7.77. The Labute approximate surface area is 150 Å². The van der Waals surface area contributed by atoms with Crippen LogP contribution in [0, 0.1) is 5.41 Å². The van der Waals surface area contributed by atoms with Crippen LogP contribution in [0.25, 0.3) is 0 Å². The zero-order chi connectivity index (χ0) is 19.0. The van der Waals surface area contributed by atoms with Crippen molar-refractivity contribution in [2.75, 3.05) is 45.9 Å². The fraction of sp³-hybridized carbons (Fsp3) is 0.875. The Morgan fingerprint density at radius 3 is 2.42 bits per heavy atom. The summed E-state index contributed by atoms with van der Waals surface area (Å²) in [6.07, 6.45) is -4.08. The maximum atomic E-state index is 12.6. The number of halogens is 3. The number of piperidine rings is 1. The third-order valence-electron chi connectivity index (χ3n) is 5.39. The highest BCUT2D eigenvalue weighted by molar-refractivity contribution is 5.02. The van der Waals surface area contributed by atoms with E-state index in [1.807, 2.05) is 18.7 Å². The van der Waals surface area contributed by atoms with Gasteiger partial charge in [0.25, 0.3) is 5.82 Å². The molecule has 1 N–H and O–H groups in total. The van der Waals surface area contributed by atoms with E-state index in [0.717, 1.165) is 13.1 Å². The minimum absolute atomic E-state index is 0.0632. The molecular weight excluding hydrogens is 353 g/mol. The van der Waals surface area contributed by atoms with Gasteiger partial charge in [0, 0.05) is 38.1 Å². The van der Waals surface area contributed by atoms with Gasteiger partial charge in [-0.05, 0) is 6.42 Å². The molecule has 2 aliphatic heterocycles. The molecule has 1 aromatic rings. The van der Waals surface area contributed by atoms with E-state index >= 15 is 0 Å². The summed E-state index contributed by atoms with van der Waals surface area (Å²) in [5.41, 5.74) is -1.30. The first kappa shape index (κ1) is 19.5. The number of alkyl halides is 3. The van der Waals surface area contributed by atoms with E-state index in [0.29, 0.717) is 39.3 Å². The molecule has 3 heterocycles. The highest BCUT2D eigenvalue weighted by atomic mass is 19.4. The molecule has 2 aliphatic rings. The number of hydrogen-bond acceptors (Lipinski definition) is 7. The first-order chi connectivity index (χ1) is 12.1. The Bertz CT molecular complexity index is 616. The van der Waals surface area contributed by atoms with E-state index in [1.165, 1.54) is 0 Å². The van der Waals surface area contributed by atoms with E-state index in [1.54, 1.807) is 0 Å².